The molecule has 1 aliphatic rings. The van der Waals surface area contributed by atoms with E-state index in [-0.39, 0.29) is 5.69 Å². The van der Waals surface area contributed by atoms with Crippen molar-refractivity contribution in [2.24, 2.45) is 17.3 Å². The van der Waals surface area contributed by atoms with Crippen molar-refractivity contribution in [1.82, 2.24) is 0 Å². The minimum Gasteiger partial charge on any atom is -0.481 e. The van der Waals surface area contributed by atoms with Crippen LogP contribution in [0.3, 0.4) is 0 Å². The van der Waals surface area contributed by atoms with E-state index in [0.717, 1.165) is 5.56 Å². The quantitative estimate of drug-likeness (QED) is 0.882. The Morgan fingerprint density at radius 1 is 1.32 bits per heavy atom. The van der Waals surface area contributed by atoms with Crippen LogP contribution in [0.2, 0.25) is 0 Å². The van der Waals surface area contributed by atoms with Crippen LogP contribution in [0.1, 0.15) is 19.4 Å². The second-order valence-electron chi connectivity index (χ2n) is 5.59. The van der Waals surface area contributed by atoms with E-state index in [9.17, 15) is 14.0 Å². The van der Waals surface area contributed by atoms with Crippen molar-refractivity contribution < 1.29 is 19.1 Å². The molecular formula is C14H16FNO3. The number of carbonyl (C=O) groups is 2. The number of rotatable bonds is 3. The second-order valence-corrected chi connectivity index (χ2v) is 5.59. The molecule has 1 fully saturated rings. The summed E-state index contributed by atoms with van der Waals surface area (Å²) in [6.07, 6.45) is 0. The van der Waals surface area contributed by atoms with Crippen molar-refractivity contribution in [3.63, 3.8) is 0 Å². The lowest BCUT2D eigenvalue weighted by Gasteiger charge is -2.07. The van der Waals surface area contributed by atoms with Crippen LogP contribution in [0.5, 0.6) is 0 Å². The van der Waals surface area contributed by atoms with Crippen LogP contribution < -0.4 is 5.32 Å². The summed E-state index contributed by atoms with van der Waals surface area (Å²) in [6, 6.07) is 4.49. The number of carboxylic acids is 1. The lowest BCUT2D eigenvalue weighted by molar-refractivity contribution is -0.140. The van der Waals surface area contributed by atoms with Crippen LogP contribution in [-0.2, 0) is 9.59 Å². The summed E-state index contributed by atoms with van der Waals surface area (Å²) in [4.78, 5) is 23.0. The van der Waals surface area contributed by atoms with E-state index in [1.807, 2.05) is 0 Å². The lowest BCUT2D eigenvalue weighted by Crippen LogP contribution is -2.18. The summed E-state index contributed by atoms with van der Waals surface area (Å²) in [7, 11) is 0. The third-order valence-electron chi connectivity index (χ3n) is 3.76. The zero-order valence-electron chi connectivity index (χ0n) is 11.0. The summed E-state index contributed by atoms with van der Waals surface area (Å²) < 4.78 is 13.6. The molecule has 0 spiro atoms. The Bertz CT molecular complexity index is 554. The number of aryl methyl sites for hydroxylation is 1. The van der Waals surface area contributed by atoms with Crippen molar-refractivity contribution in [1.29, 1.82) is 0 Å². The molecule has 1 amide bonds. The Hall–Kier alpha value is -1.91. The molecule has 4 nitrogen and oxygen atoms in total. The van der Waals surface area contributed by atoms with E-state index in [0.29, 0.717) is 0 Å². The van der Waals surface area contributed by atoms with E-state index in [1.165, 1.54) is 12.1 Å². The van der Waals surface area contributed by atoms with Crippen molar-refractivity contribution >= 4 is 17.6 Å². The molecule has 5 heteroatoms. The molecule has 0 saturated heterocycles. The van der Waals surface area contributed by atoms with Gasteiger partial charge < -0.3 is 10.4 Å². The van der Waals surface area contributed by atoms with Crippen LogP contribution in [0.15, 0.2) is 18.2 Å². The highest BCUT2D eigenvalue weighted by atomic mass is 19.1. The molecule has 2 unspecified atom stereocenters. The Morgan fingerprint density at radius 2 is 1.95 bits per heavy atom. The summed E-state index contributed by atoms with van der Waals surface area (Å²) in [6.45, 7) is 5.20. The van der Waals surface area contributed by atoms with Gasteiger partial charge in [-0.1, -0.05) is 19.9 Å². The number of carboxylic acid groups (broad SMARTS) is 1. The summed E-state index contributed by atoms with van der Waals surface area (Å²) in [5.74, 6) is -3.28. The zero-order chi connectivity index (χ0) is 14.4. The van der Waals surface area contributed by atoms with Crippen LogP contribution in [-0.4, -0.2) is 17.0 Å². The standard InChI is InChI=1S/C14H16FNO3/c1-7-4-5-9(8(15)6-7)16-12(17)10-11(13(18)19)14(10,2)3/h4-6,10-11H,1-3H3,(H,16,17)(H,18,19). The van der Waals surface area contributed by atoms with Crippen molar-refractivity contribution in [2.75, 3.05) is 5.32 Å². The highest BCUT2D eigenvalue weighted by Gasteiger charge is 2.65. The van der Waals surface area contributed by atoms with E-state index >= 15 is 0 Å². The molecule has 1 aliphatic carbocycles. The van der Waals surface area contributed by atoms with Gasteiger partial charge in [-0.3, -0.25) is 9.59 Å². The molecule has 19 heavy (non-hydrogen) atoms. The smallest absolute Gasteiger partial charge is 0.307 e. The molecular weight excluding hydrogens is 249 g/mol. The molecule has 102 valence electrons. The first-order chi connectivity index (χ1) is 8.75. The topological polar surface area (TPSA) is 66.4 Å². The maximum atomic E-state index is 13.6. The first-order valence-corrected chi connectivity index (χ1v) is 6.05. The molecule has 1 aromatic carbocycles. The average Bonchev–Trinajstić information content (AvgIpc) is 2.86. The average molecular weight is 265 g/mol. The fraction of sp³-hybridized carbons (Fsp3) is 0.429. The molecule has 0 aromatic heterocycles. The summed E-state index contributed by atoms with van der Waals surface area (Å²) >= 11 is 0. The van der Waals surface area contributed by atoms with Crippen LogP contribution in [0.25, 0.3) is 0 Å². The van der Waals surface area contributed by atoms with Gasteiger partial charge in [-0.15, -0.1) is 0 Å². The van der Waals surface area contributed by atoms with Crippen molar-refractivity contribution in [3.8, 4) is 0 Å². The number of hydrogen-bond donors (Lipinski definition) is 2. The zero-order valence-corrected chi connectivity index (χ0v) is 11.0. The van der Waals surface area contributed by atoms with Crippen LogP contribution >= 0.6 is 0 Å². The number of hydrogen-bond acceptors (Lipinski definition) is 2. The number of carbonyl (C=O) groups excluding carboxylic acids is 1. The highest BCUT2D eigenvalue weighted by Crippen LogP contribution is 2.58. The van der Waals surface area contributed by atoms with Gasteiger partial charge in [0.1, 0.15) is 5.82 Å². The van der Waals surface area contributed by atoms with Crippen molar-refractivity contribution in [3.05, 3.63) is 29.6 Å². The van der Waals surface area contributed by atoms with Gasteiger partial charge in [-0.25, -0.2) is 4.39 Å². The summed E-state index contributed by atoms with van der Waals surface area (Å²) in [5.41, 5.74) is 0.255. The number of benzene rings is 1. The largest absolute Gasteiger partial charge is 0.481 e. The normalized spacial score (nSPS) is 23.8. The van der Waals surface area contributed by atoms with Gasteiger partial charge in [0.05, 0.1) is 17.5 Å². The monoisotopic (exact) mass is 265 g/mol. The van der Waals surface area contributed by atoms with Gasteiger partial charge in [-0.05, 0) is 30.0 Å². The molecule has 2 N–H and O–H groups in total. The molecule has 0 heterocycles. The SMILES string of the molecule is Cc1ccc(NC(=O)C2C(C(=O)O)C2(C)C)c(F)c1. The minimum atomic E-state index is -0.991. The first kappa shape index (κ1) is 13.5. The van der Waals surface area contributed by atoms with Crippen molar-refractivity contribution in [2.45, 2.75) is 20.8 Å². The third kappa shape index (κ3) is 2.32. The van der Waals surface area contributed by atoms with Gasteiger partial charge in [0.25, 0.3) is 0 Å². The number of anilines is 1. The van der Waals surface area contributed by atoms with Gasteiger partial charge in [-0.2, -0.15) is 0 Å². The number of amides is 1. The second kappa shape index (κ2) is 4.33. The van der Waals surface area contributed by atoms with E-state index < -0.39 is 34.9 Å². The third-order valence-corrected chi connectivity index (χ3v) is 3.76. The van der Waals surface area contributed by atoms with Gasteiger partial charge in [0.15, 0.2) is 0 Å². The first-order valence-electron chi connectivity index (χ1n) is 6.05. The van der Waals surface area contributed by atoms with E-state index in [1.54, 1.807) is 26.8 Å². The highest BCUT2D eigenvalue weighted by molar-refractivity contribution is 5.99. The maximum Gasteiger partial charge on any atom is 0.307 e. The number of aliphatic carboxylic acids is 1. The molecule has 1 aromatic rings. The Balaban J connectivity index is 2.13. The molecule has 2 atom stereocenters. The predicted octanol–water partition coefficient (Wildman–Crippen LogP) is 2.43. The van der Waals surface area contributed by atoms with Crippen LogP contribution in [0, 0.1) is 30.0 Å². The van der Waals surface area contributed by atoms with E-state index in [2.05, 4.69) is 5.32 Å². The fourth-order valence-corrected chi connectivity index (χ4v) is 2.52. The van der Waals surface area contributed by atoms with Gasteiger partial charge >= 0.3 is 5.97 Å². The molecule has 0 aliphatic heterocycles. The fourth-order valence-electron chi connectivity index (χ4n) is 2.52. The number of nitrogens with one attached hydrogen (secondary N) is 1. The Kier molecular flexibility index (Phi) is 3.08. The molecule has 0 radical (unpaired) electrons. The number of halogens is 1. The molecule has 2 rings (SSSR count). The minimum absolute atomic E-state index is 0.0856. The van der Waals surface area contributed by atoms with Crippen LogP contribution in [0.4, 0.5) is 10.1 Å². The molecule has 1 saturated carbocycles. The Labute approximate surface area is 110 Å². The van der Waals surface area contributed by atoms with Gasteiger partial charge in [0.2, 0.25) is 5.91 Å². The maximum absolute atomic E-state index is 13.6. The summed E-state index contributed by atoms with van der Waals surface area (Å²) in [5, 5.41) is 11.5. The molecule has 0 bridgehead atoms. The van der Waals surface area contributed by atoms with Gasteiger partial charge in [0, 0.05) is 0 Å². The lowest BCUT2D eigenvalue weighted by atomic mass is 10.1. The predicted molar refractivity (Wildman–Crippen MR) is 68.2 cm³/mol. The Morgan fingerprint density at radius 3 is 2.42 bits per heavy atom. The van der Waals surface area contributed by atoms with E-state index in [4.69, 9.17) is 5.11 Å².